The molecule has 0 aliphatic rings. The van der Waals surface area contributed by atoms with Crippen LogP contribution >= 0.6 is 0 Å². The third-order valence-corrected chi connectivity index (χ3v) is 1.66. The van der Waals surface area contributed by atoms with Crippen molar-refractivity contribution >= 4 is 5.82 Å². The van der Waals surface area contributed by atoms with E-state index in [1.54, 1.807) is 0 Å². The number of pyridine rings is 1. The molecule has 1 rings (SSSR count). The smallest absolute Gasteiger partial charge is 0.272 e. The molecule has 0 saturated carbocycles. The van der Waals surface area contributed by atoms with Crippen LogP contribution in [0.15, 0.2) is 18.2 Å². The number of aromatic nitrogens is 1. The Kier molecular flexibility index (Phi) is 1.90. The molecule has 2 N–H and O–H groups in total. The van der Waals surface area contributed by atoms with Gasteiger partial charge in [0, 0.05) is 6.07 Å². The number of nitrogen functional groups attached to an aromatic ring is 1. The number of nitrogens with two attached hydrogens (primary N) is 1. The molecule has 2 heteroatoms. The fourth-order valence-electron chi connectivity index (χ4n) is 1.10. The van der Waals surface area contributed by atoms with Crippen LogP contribution in [0, 0.1) is 6.92 Å². The molecule has 1 heterocycles. The van der Waals surface area contributed by atoms with Gasteiger partial charge >= 0.3 is 0 Å². The first-order valence-electron chi connectivity index (χ1n) is 3.50. The third kappa shape index (κ3) is 1.10. The Balaban J connectivity index is 3.17. The summed E-state index contributed by atoms with van der Waals surface area (Å²) in [5.41, 5.74) is 6.91. The second kappa shape index (κ2) is 2.69. The predicted molar refractivity (Wildman–Crippen MR) is 41.5 cm³/mol. The summed E-state index contributed by atoms with van der Waals surface area (Å²) in [6.07, 6.45) is 0. The Labute approximate surface area is 61.3 Å². The highest BCUT2D eigenvalue weighted by Gasteiger charge is 2.02. The Morgan fingerprint density at radius 2 is 2.20 bits per heavy atom. The van der Waals surface area contributed by atoms with Crippen molar-refractivity contribution in [3.63, 3.8) is 0 Å². The minimum Gasteiger partial charge on any atom is -0.287 e. The monoisotopic (exact) mass is 137 g/mol. The van der Waals surface area contributed by atoms with Crippen molar-refractivity contribution in [2.75, 3.05) is 5.73 Å². The van der Waals surface area contributed by atoms with Crippen molar-refractivity contribution in [2.45, 2.75) is 20.4 Å². The van der Waals surface area contributed by atoms with Crippen molar-refractivity contribution < 1.29 is 4.57 Å². The predicted octanol–water partition coefficient (Wildman–Crippen LogP) is 0.885. The van der Waals surface area contributed by atoms with Crippen LogP contribution in [-0.2, 0) is 6.54 Å². The first kappa shape index (κ1) is 7.06. The molecular formula is C8H13N2+. The van der Waals surface area contributed by atoms with E-state index in [0.29, 0.717) is 0 Å². The van der Waals surface area contributed by atoms with Gasteiger partial charge in [0.2, 0.25) is 0 Å². The summed E-state index contributed by atoms with van der Waals surface area (Å²) in [6.45, 7) is 5.09. The van der Waals surface area contributed by atoms with E-state index in [1.807, 2.05) is 12.1 Å². The Morgan fingerprint density at radius 3 is 2.60 bits per heavy atom. The van der Waals surface area contributed by atoms with Crippen molar-refractivity contribution in [1.29, 1.82) is 0 Å². The molecule has 0 aliphatic heterocycles. The molecule has 1 aromatic rings. The summed E-state index contributed by atoms with van der Waals surface area (Å²) >= 11 is 0. The molecule has 0 amide bonds. The molecule has 0 spiro atoms. The van der Waals surface area contributed by atoms with Gasteiger partial charge in [0.1, 0.15) is 5.69 Å². The number of anilines is 1. The van der Waals surface area contributed by atoms with Gasteiger partial charge in [-0.25, -0.2) is 4.57 Å². The Hall–Kier alpha value is -1.05. The van der Waals surface area contributed by atoms with E-state index in [2.05, 4.69) is 24.5 Å². The van der Waals surface area contributed by atoms with E-state index in [1.165, 1.54) is 5.69 Å². The average Bonchev–Trinajstić information content (AvgIpc) is 1.88. The maximum Gasteiger partial charge on any atom is 0.272 e. The SMILES string of the molecule is CC[n+]1c(C)cccc1N. The second-order valence-corrected chi connectivity index (χ2v) is 2.34. The van der Waals surface area contributed by atoms with Gasteiger partial charge in [0.25, 0.3) is 5.82 Å². The summed E-state index contributed by atoms with van der Waals surface area (Å²) in [5, 5.41) is 0. The third-order valence-electron chi connectivity index (χ3n) is 1.66. The van der Waals surface area contributed by atoms with Crippen molar-refractivity contribution in [1.82, 2.24) is 0 Å². The Bertz CT molecular complexity index is 210. The molecule has 10 heavy (non-hydrogen) atoms. The second-order valence-electron chi connectivity index (χ2n) is 2.34. The minimum atomic E-state index is 0.836. The van der Waals surface area contributed by atoms with E-state index in [-0.39, 0.29) is 0 Å². The zero-order valence-electron chi connectivity index (χ0n) is 6.46. The van der Waals surface area contributed by atoms with Gasteiger partial charge in [0.15, 0.2) is 0 Å². The molecule has 0 aliphatic carbocycles. The maximum absolute atomic E-state index is 5.69. The molecule has 2 nitrogen and oxygen atoms in total. The van der Waals surface area contributed by atoms with Crippen LogP contribution < -0.4 is 10.3 Å². The lowest BCUT2D eigenvalue weighted by Crippen LogP contribution is -2.38. The van der Waals surface area contributed by atoms with Gasteiger partial charge in [-0.1, -0.05) is 6.07 Å². The zero-order chi connectivity index (χ0) is 7.56. The lowest BCUT2D eigenvalue weighted by Gasteiger charge is -2.01. The minimum absolute atomic E-state index is 0.836. The van der Waals surface area contributed by atoms with Gasteiger partial charge in [-0.3, -0.25) is 5.73 Å². The highest BCUT2D eigenvalue weighted by molar-refractivity contribution is 5.20. The van der Waals surface area contributed by atoms with Crippen LogP contribution in [0.2, 0.25) is 0 Å². The molecule has 0 bridgehead atoms. The van der Waals surface area contributed by atoms with E-state index in [9.17, 15) is 0 Å². The van der Waals surface area contributed by atoms with E-state index >= 15 is 0 Å². The van der Waals surface area contributed by atoms with Crippen LogP contribution in [0.5, 0.6) is 0 Å². The van der Waals surface area contributed by atoms with E-state index in [4.69, 9.17) is 5.73 Å². The zero-order valence-corrected chi connectivity index (χ0v) is 6.46. The highest BCUT2D eigenvalue weighted by Crippen LogP contribution is 1.95. The van der Waals surface area contributed by atoms with Gasteiger partial charge in [0.05, 0.1) is 6.54 Å². The topological polar surface area (TPSA) is 29.9 Å². The lowest BCUT2D eigenvalue weighted by atomic mass is 10.3. The molecule has 0 unspecified atom stereocenters. The van der Waals surface area contributed by atoms with Crippen LogP contribution in [0.25, 0.3) is 0 Å². The summed E-state index contributed by atoms with van der Waals surface area (Å²) in [4.78, 5) is 0. The van der Waals surface area contributed by atoms with Crippen molar-refractivity contribution in [2.24, 2.45) is 0 Å². The highest BCUT2D eigenvalue weighted by atomic mass is 15.0. The van der Waals surface area contributed by atoms with Gasteiger partial charge in [-0.15, -0.1) is 0 Å². The maximum atomic E-state index is 5.69. The molecular weight excluding hydrogens is 124 g/mol. The number of rotatable bonds is 1. The van der Waals surface area contributed by atoms with Crippen LogP contribution in [-0.4, -0.2) is 0 Å². The van der Waals surface area contributed by atoms with Crippen molar-refractivity contribution in [3.8, 4) is 0 Å². The molecule has 0 radical (unpaired) electrons. The molecule has 0 aromatic carbocycles. The van der Waals surface area contributed by atoms with Crippen molar-refractivity contribution in [3.05, 3.63) is 23.9 Å². The average molecular weight is 137 g/mol. The number of nitrogens with zero attached hydrogens (tertiary/aromatic N) is 1. The van der Waals surface area contributed by atoms with Gasteiger partial charge in [-0.05, 0) is 19.9 Å². The number of hydrogen-bond acceptors (Lipinski definition) is 1. The van der Waals surface area contributed by atoms with Gasteiger partial charge < -0.3 is 0 Å². The normalized spacial score (nSPS) is 9.80. The van der Waals surface area contributed by atoms with Crippen LogP contribution in [0.3, 0.4) is 0 Å². The lowest BCUT2D eigenvalue weighted by molar-refractivity contribution is -0.685. The summed E-state index contributed by atoms with van der Waals surface area (Å²) in [6, 6.07) is 5.94. The van der Waals surface area contributed by atoms with Crippen LogP contribution in [0.1, 0.15) is 12.6 Å². The molecule has 1 aromatic heterocycles. The molecule has 0 fully saturated rings. The fraction of sp³-hybridized carbons (Fsp3) is 0.375. The molecule has 54 valence electrons. The molecule has 0 atom stereocenters. The summed E-state index contributed by atoms with van der Waals surface area (Å²) in [5.74, 6) is 0.836. The standard InChI is InChI=1S/C8H12N2/c1-3-10-7(2)5-4-6-8(10)9/h4-6,9H,3H2,1-2H3/p+1. The largest absolute Gasteiger partial charge is 0.287 e. The van der Waals surface area contributed by atoms with Gasteiger partial charge in [-0.2, -0.15) is 0 Å². The van der Waals surface area contributed by atoms with Crippen LogP contribution in [0.4, 0.5) is 5.82 Å². The Morgan fingerprint density at radius 1 is 1.50 bits per heavy atom. The summed E-state index contributed by atoms with van der Waals surface area (Å²) < 4.78 is 2.07. The molecule has 0 saturated heterocycles. The first-order valence-corrected chi connectivity index (χ1v) is 3.50. The van der Waals surface area contributed by atoms with E-state index in [0.717, 1.165) is 12.4 Å². The number of hydrogen-bond donors (Lipinski definition) is 1. The quantitative estimate of drug-likeness (QED) is 0.572. The number of aryl methyl sites for hydroxylation is 1. The fourth-order valence-corrected chi connectivity index (χ4v) is 1.10. The summed E-state index contributed by atoms with van der Waals surface area (Å²) in [7, 11) is 0. The first-order chi connectivity index (χ1) is 4.75. The van der Waals surface area contributed by atoms with E-state index < -0.39 is 0 Å².